The fourth-order valence-corrected chi connectivity index (χ4v) is 3.68. The molecule has 4 N–H and O–H groups in total. The van der Waals surface area contributed by atoms with Gasteiger partial charge in [-0.3, -0.25) is 15.6 Å². The van der Waals surface area contributed by atoms with Crippen LogP contribution in [0.25, 0.3) is 6.08 Å². The normalized spacial score (nSPS) is 17.4. The first-order valence-corrected chi connectivity index (χ1v) is 10.5. The Morgan fingerprint density at radius 1 is 1.34 bits per heavy atom. The molecule has 1 aliphatic rings. The van der Waals surface area contributed by atoms with Crippen molar-refractivity contribution in [2.24, 2.45) is 10.7 Å². The summed E-state index contributed by atoms with van der Waals surface area (Å²) in [6, 6.07) is 12.0. The summed E-state index contributed by atoms with van der Waals surface area (Å²) in [4.78, 5) is 8.53. The lowest BCUT2D eigenvalue weighted by Crippen LogP contribution is -2.52. The van der Waals surface area contributed by atoms with Crippen molar-refractivity contribution in [3.8, 4) is 6.19 Å². The first kappa shape index (κ1) is 23.3. The minimum atomic E-state index is -0.231. The van der Waals surface area contributed by atoms with Gasteiger partial charge >= 0.3 is 0 Å². The third-order valence-corrected chi connectivity index (χ3v) is 5.48. The predicted molar refractivity (Wildman–Crippen MR) is 126 cm³/mol. The van der Waals surface area contributed by atoms with E-state index < -0.39 is 0 Å². The number of nitrogens with one attached hydrogen (secondary N) is 2. The van der Waals surface area contributed by atoms with Gasteiger partial charge in [0.2, 0.25) is 5.96 Å². The molecule has 1 atom stereocenters. The average Bonchev–Trinajstić information content (AvgIpc) is 2.76. The molecule has 1 saturated heterocycles. The molecular formula is C23H25ClFN7. The maximum atomic E-state index is 13.1. The van der Waals surface area contributed by atoms with Crippen LogP contribution in [0.3, 0.4) is 0 Å². The van der Waals surface area contributed by atoms with E-state index in [9.17, 15) is 4.39 Å². The highest BCUT2D eigenvalue weighted by molar-refractivity contribution is 6.30. The van der Waals surface area contributed by atoms with Crippen LogP contribution < -0.4 is 11.1 Å². The number of hydrogen-bond acceptors (Lipinski definition) is 4. The lowest BCUT2D eigenvalue weighted by atomic mass is 10.1. The van der Waals surface area contributed by atoms with Crippen molar-refractivity contribution in [3.63, 3.8) is 0 Å². The van der Waals surface area contributed by atoms with Crippen LogP contribution in [0.1, 0.15) is 18.1 Å². The number of hydrogen-bond donors (Lipinski definition) is 3. The second-order valence-corrected chi connectivity index (χ2v) is 7.98. The number of halogens is 2. The number of rotatable bonds is 5. The van der Waals surface area contributed by atoms with Crippen molar-refractivity contribution in [1.82, 2.24) is 15.1 Å². The summed E-state index contributed by atoms with van der Waals surface area (Å²) < 4.78 is 13.1. The number of amidine groups is 1. The Kier molecular flexibility index (Phi) is 7.82. The third-order valence-electron chi connectivity index (χ3n) is 5.24. The molecular weight excluding hydrogens is 429 g/mol. The Hall–Kier alpha value is -3.41. The molecule has 0 bridgehead atoms. The van der Waals surface area contributed by atoms with E-state index in [0.29, 0.717) is 16.5 Å². The largest absolute Gasteiger partial charge is 0.369 e. The maximum Gasteiger partial charge on any atom is 0.207 e. The van der Waals surface area contributed by atoms with Crippen molar-refractivity contribution in [3.05, 3.63) is 70.5 Å². The first-order chi connectivity index (χ1) is 15.4. The van der Waals surface area contributed by atoms with Gasteiger partial charge in [0, 0.05) is 42.8 Å². The van der Waals surface area contributed by atoms with Gasteiger partial charge in [-0.25, -0.2) is 9.38 Å². The Morgan fingerprint density at radius 2 is 2.09 bits per heavy atom. The number of benzene rings is 2. The fraction of sp³-hybridized carbons (Fsp3) is 0.261. The number of nitrogens with zero attached hydrogens (tertiary/aromatic N) is 4. The molecule has 1 aliphatic heterocycles. The first-order valence-electron chi connectivity index (χ1n) is 10.1. The van der Waals surface area contributed by atoms with Crippen LogP contribution in [0.15, 0.2) is 53.5 Å². The molecule has 7 nitrogen and oxygen atoms in total. The second-order valence-electron chi connectivity index (χ2n) is 7.55. The molecule has 0 aliphatic carbocycles. The zero-order chi connectivity index (χ0) is 23.1. The number of aliphatic imine (C=N–C) groups is 1. The topological polar surface area (TPSA) is 105 Å². The van der Waals surface area contributed by atoms with E-state index in [0.717, 1.165) is 37.3 Å². The quantitative estimate of drug-likeness (QED) is 0.277. The zero-order valence-electron chi connectivity index (χ0n) is 17.7. The van der Waals surface area contributed by atoms with Crippen LogP contribution in [0.5, 0.6) is 0 Å². The second kappa shape index (κ2) is 10.8. The van der Waals surface area contributed by atoms with Crippen LogP contribution in [-0.2, 0) is 6.54 Å². The van der Waals surface area contributed by atoms with Gasteiger partial charge in [0.15, 0.2) is 6.19 Å². The summed E-state index contributed by atoms with van der Waals surface area (Å²) in [7, 11) is 0. The molecule has 0 amide bonds. The Morgan fingerprint density at radius 3 is 2.78 bits per heavy atom. The van der Waals surface area contributed by atoms with Crippen molar-refractivity contribution in [2.75, 3.05) is 19.6 Å². The minimum Gasteiger partial charge on any atom is -0.369 e. The molecule has 0 unspecified atom stereocenters. The van der Waals surface area contributed by atoms with E-state index >= 15 is 0 Å². The van der Waals surface area contributed by atoms with Crippen molar-refractivity contribution >= 4 is 35.2 Å². The van der Waals surface area contributed by atoms with E-state index in [4.69, 9.17) is 28.0 Å². The SMILES string of the molecule is C[C@H]1CN(C(=N)/C=C/c2ccc(Cl)cc2N=C(N)NC#N)CCN1Cc1ccc(F)cc1. The van der Waals surface area contributed by atoms with Gasteiger partial charge in [-0.1, -0.05) is 29.8 Å². The van der Waals surface area contributed by atoms with Crippen LogP contribution in [0.4, 0.5) is 10.1 Å². The molecule has 9 heteroatoms. The van der Waals surface area contributed by atoms with E-state index in [1.165, 1.54) is 12.1 Å². The molecule has 1 heterocycles. The van der Waals surface area contributed by atoms with Crippen molar-refractivity contribution in [1.29, 1.82) is 10.7 Å². The van der Waals surface area contributed by atoms with Crippen LogP contribution in [0.2, 0.25) is 5.02 Å². The Labute approximate surface area is 192 Å². The van der Waals surface area contributed by atoms with Gasteiger partial charge in [-0.2, -0.15) is 5.26 Å². The fourth-order valence-electron chi connectivity index (χ4n) is 3.52. The summed E-state index contributed by atoms with van der Waals surface area (Å²) >= 11 is 6.06. The highest BCUT2D eigenvalue weighted by Gasteiger charge is 2.24. The summed E-state index contributed by atoms with van der Waals surface area (Å²) in [5.41, 5.74) is 7.97. The lowest BCUT2D eigenvalue weighted by Gasteiger charge is -2.40. The van der Waals surface area contributed by atoms with Gasteiger partial charge in [-0.05, 0) is 48.9 Å². The summed E-state index contributed by atoms with van der Waals surface area (Å²) in [5, 5.41) is 19.9. The Bertz CT molecular complexity index is 1060. The number of guanidine groups is 1. The highest BCUT2D eigenvalue weighted by atomic mass is 35.5. The molecule has 166 valence electrons. The average molecular weight is 454 g/mol. The molecule has 1 fully saturated rings. The lowest BCUT2D eigenvalue weighted by molar-refractivity contribution is 0.116. The standard InChI is InChI=1S/C23H25ClFN7/c1-16-13-32(11-10-31(16)14-17-2-7-20(25)8-3-17)22(27)9-5-18-4-6-19(24)12-21(18)30-23(28)29-15-26/h2-9,12,16,27H,10-11,13-14H2,1H3,(H3,28,29,30)/b9-5+,27-22?/t16-/m0/s1. The molecule has 3 rings (SSSR count). The number of piperazine rings is 1. The summed E-state index contributed by atoms with van der Waals surface area (Å²) in [6.07, 6.45) is 5.23. The molecule has 0 spiro atoms. The van der Waals surface area contributed by atoms with Crippen LogP contribution >= 0.6 is 11.6 Å². The smallest absolute Gasteiger partial charge is 0.207 e. The summed E-state index contributed by atoms with van der Waals surface area (Å²) in [6.45, 7) is 5.13. The van der Waals surface area contributed by atoms with E-state index in [-0.39, 0.29) is 17.8 Å². The van der Waals surface area contributed by atoms with E-state index in [1.807, 2.05) is 17.0 Å². The van der Waals surface area contributed by atoms with Crippen LogP contribution in [0, 0.1) is 22.7 Å². The van der Waals surface area contributed by atoms with Gasteiger partial charge in [-0.15, -0.1) is 0 Å². The van der Waals surface area contributed by atoms with Gasteiger partial charge in [0.05, 0.1) is 5.69 Å². The van der Waals surface area contributed by atoms with Gasteiger partial charge in [0.1, 0.15) is 11.7 Å². The number of nitriles is 1. The third kappa shape index (κ3) is 6.30. The molecule has 0 radical (unpaired) electrons. The maximum absolute atomic E-state index is 13.1. The van der Waals surface area contributed by atoms with Crippen LogP contribution in [-0.4, -0.2) is 47.3 Å². The van der Waals surface area contributed by atoms with E-state index in [1.54, 1.807) is 36.5 Å². The summed E-state index contributed by atoms with van der Waals surface area (Å²) in [5.74, 6) is 0.127. The monoisotopic (exact) mass is 453 g/mol. The highest BCUT2D eigenvalue weighted by Crippen LogP contribution is 2.25. The van der Waals surface area contributed by atoms with E-state index in [2.05, 4.69) is 22.1 Å². The predicted octanol–water partition coefficient (Wildman–Crippen LogP) is 3.69. The molecule has 0 saturated carbocycles. The van der Waals surface area contributed by atoms with Crippen molar-refractivity contribution in [2.45, 2.75) is 19.5 Å². The molecule has 0 aromatic heterocycles. The Balaban J connectivity index is 1.64. The van der Waals surface area contributed by atoms with Gasteiger partial charge in [0.25, 0.3) is 0 Å². The number of nitrogens with two attached hydrogens (primary N) is 1. The molecule has 32 heavy (non-hydrogen) atoms. The molecule has 2 aromatic rings. The van der Waals surface area contributed by atoms with Gasteiger partial charge < -0.3 is 10.6 Å². The molecule has 2 aromatic carbocycles. The van der Waals surface area contributed by atoms with Crippen molar-refractivity contribution < 1.29 is 4.39 Å². The zero-order valence-corrected chi connectivity index (χ0v) is 18.5. The minimum absolute atomic E-state index is 0.0365.